The van der Waals surface area contributed by atoms with Crippen molar-refractivity contribution in [2.24, 2.45) is 5.73 Å². The average molecular weight is 436 g/mol. The number of rotatable bonds is 5. The summed E-state index contributed by atoms with van der Waals surface area (Å²) in [5, 5.41) is 1.16. The van der Waals surface area contributed by atoms with E-state index in [0.717, 1.165) is 23.1 Å². The van der Waals surface area contributed by atoms with E-state index in [1.165, 1.54) is 36.9 Å². The topological polar surface area (TPSA) is 51.3 Å². The molecule has 3 aromatic carbocycles. The van der Waals surface area contributed by atoms with Crippen molar-refractivity contribution in [2.75, 3.05) is 0 Å². The Bertz CT molecular complexity index is 1280. The number of benzene rings is 3. The van der Waals surface area contributed by atoms with Crippen LogP contribution in [-0.4, -0.2) is 27.5 Å². The van der Waals surface area contributed by atoms with Gasteiger partial charge in [-0.2, -0.15) is 0 Å². The third-order valence-electron chi connectivity index (χ3n) is 7.64. The van der Waals surface area contributed by atoms with Gasteiger partial charge in [0.15, 0.2) is 0 Å². The monoisotopic (exact) mass is 435 g/mol. The first-order valence-electron chi connectivity index (χ1n) is 12.0. The number of hydrogen-bond acceptors (Lipinski definition) is 2. The lowest BCUT2D eigenvalue weighted by molar-refractivity contribution is 0.100. The summed E-state index contributed by atoms with van der Waals surface area (Å²) in [4.78, 5) is 14.6. The molecule has 3 heterocycles. The smallest absolute Gasteiger partial charge is 0.248 e. The van der Waals surface area contributed by atoms with E-state index in [9.17, 15) is 4.79 Å². The number of hydrogen-bond donors (Lipinski definition) is 1. The van der Waals surface area contributed by atoms with Crippen LogP contribution in [0.25, 0.3) is 16.6 Å². The minimum absolute atomic E-state index is 0.383. The van der Waals surface area contributed by atoms with Gasteiger partial charge in [-0.15, -0.1) is 0 Å². The van der Waals surface area contributed by atoms with Crippen LogP contribution in [0.2, 0.25) is 0 Å². The molecule has 0 aliphatic carbocycles. The van der Waals surface area contributed by atoms with Gasteiger partial charge in [0.05, 0.1) is 5.52 Å². The second-order valence-corrected chi connectivity index (χ2v) is 9.59. The first-order valence-corrected chi connectivity index (χ1v) is 12.0. The molecule has 4 nitrogen and oxygen atoms in total. The number of para-hydroxylation sites is 1. The summed E-state index contributed by atoms with van der Waals surface area (Å²) >= 11 is 0. The van der Waals surface area contributed by atoms with E-state index in [4.69, 9.17) is 5.73 Å². The van der Waals surface area contributed by atoms with Crippen LogP contribution in [0.5, 0.6) is 0 Å². The summed E-state index contributed by atoms with van der Waals surface area (Å²) in [5.74, 6) is 0.116. The third kappa shape index (κ3) is 3.65. The maximum Gasteiger partial charge on any atom is 0.248 e. The largest absolute Gasteiger partial charge is 0.366 e. The highest BCUT2D eigenvalue weighted by molar-refractivity contribution is 5.97. The number of nitrogens with zero attached hydrogens (tertiary/aromatic N) is 2. The normalized spacial score (nSPS) is 22.6. The van der Waals surface area contributed by atoms with Crippen molar-refractivity contribution in [3.05, 3.63) is 102 Å². The van der Waals surface area contributed by atoms with Gasteiger partial charge < -0.3 is 10.3 Å². The summed E-state index contributed by atoms with van der Waals surface area (Å²) in [7, 11) is 0. The molecule has 4 aromatic rings. The lowest BCUT2D eigenvalue weighted by Gasteiger charge is -2.39. The Labute approximate surface area is 194 Å². The highest BCUT2D eigenvalue weighted by atomic mass is 16.1. The molecule has 3 atom stereocenters. The standard InChI is InChI=1S/C29H29N3O/c30-29(33)22-12-11-21-17-28(32(27(21)18-22)24-9-5-2-6-10-24)23-15-25-13-14-26(16-23)31(25)19-20-7-3-1-4-8-20/h1-12,17-18,23,25-26H,13-16,19H2,(H2,30,33)/t23?,25-,26+. The van der Waals surface area contributed by atoms with Crippen LogP contribution >= 0.6 is 0 Å². The molecule has 166 valence electrons. The molecule has 1 amide bonds. The minimum atomic E-state index is -0.383. The molecule has 2 aliphatic rings. The molecule has 2 bridgehead atoms. The summed E-state index contributed by atoms with van der Waals surface area (Å²) in [5.41, 5.74) is 11.1. The molecule has 0 radical (unpaired) electrons. The zero-order chi connectivity index (χ0) is 22.4. The van der Waals surface area contributed by atoms with Gasteiger partial charge in [0.1, 0.15) is 0 Å². The molecule has 0 saturated carbocycles. The molecule has 2 fully saturated rings. The molecule has 33 heavy (non-hydrogen) atoms. The molecule has 4 heteroatoms. The summed E-state index contributed by atoms with van der Waals surface area (Å²) in [6, 6.07) is 30.8. The molecule has 0 spiro atoms. The molecular formula is C29H29N3O. The van der Waals surface area contributed by atoms with E-state index in [1.807, 2.05) is 24.3 Å². The maximum absolute atomic E-state index is 11.9. The lowest BCUT2D eigenvalue weighted by atomic mass is 9.87. The van der Waals surface area contributed by atoms with Gasteiger partial charge in [-0.25, -0.2) is 0 Å². The average Bonchev–Trinajstić information content (AvgIpc) is 3.32. The summed E-state index contributed by atoms with van der Waals surface area (Å²) in [6.07, 6.45) is 4.92. The Morgan fingerprint density at radius 2 is 1.52 bits per heavy atom. The van der Waals surface area contributed by atoms with Gasteiger partial charge in [0.2, 0.25) is 5.91 Å². The van der Waals surface area contributed by atoms with E-state index < -0.39 is 0 Å². The highest BCUT2D eigenvalue weighted by Gasteiger charge is 2.41. The molecule has 2 saturated heterocycles. The molecule has 6 rings (SSSR count). The zero-order valence-electron chi connectivity index (χ0n) is 18.7. The van der Waals surface area contributed by atoms with Gasteiger partial charge in [-0.1, -0.05) is 54.6 Å². The number of piperidine rings is 1. The predicted octanol–water partition coefficient (Wildman–Crippen LogP) is 5.64. The first-order chi connectivity index (χ1) is 16.2. The number of amides is 1. The molecule has 1 unspecified atom stereocenters. The Hall–Kier alpha value is -3.37. The number of fused-ring (bicyclic) bond motifs is 3. The van der Waals surface area contributed by atoms with Crippen molar-refractivity contribution < 1.29 is 4.79 Å². The highest BCUT2D eigenvalue weighted by Crippen LogP contribution is 2.45. The van der Waals surface area contributed by atoms with E-state index in [-0.39, 0.29) is 5.91 Å². The van der Waals surface area contributed by atoms with Crippen molar-refractivity contribution in [1.82, 2.24) is 9.47 Å². The number of primary amides is 1. The van der Waals surface area contributed by atoms with Crippen LogP contribution in [0, 0.1) is 0 Å². The van der Waals surface area contributed by atoms with Crippen molar-refractivity contribution in [2.45, 2.75) is 50.2 Å². The number of carbonyl (C=O) groups is 1. The Morgan fingerprint density at radius 3 is 2.18 bits per heavy atom. The fraction of sp³-hybridized carbons (Fsp3) is 0.276. The molecule has 2 aliphatic heterocycles. The van der Waals surface area contributed by atoms with Crippen LogP contribution < -0.4 is 5.73 Å². The SMILES string of the molecule is NC(=O)c1ccc2cc(C3C[C@H]4CC[C@@H](C3)N4Cc3ccccc3)n(-c3ccccc3)c2c1. The van der Waals surface area contributed by atoms with Crippen molar-refractivity contribution in [3.8, 4) is 5.69 Å². The second kappa shape index (κ2) is 8.20. The van der Waals surface area contributed by atoms with E-state index in [0.29, 0.717) is 23.6 Å². The van der Waals surface area contributed by atoms with Crippen molar-refractivity contribution >= 4 is 16.8 Å². The van der Waals surface area contributed by atoms with E-state index >= 15 is 0 Å². The maximum atomic E-state index is 11.9. The Kier molecular flexibility index (Phi) is 5.03. The number of carbonyl (C=O) groups excluding carboxylic acids is 1. The predicted molar refractivity (Wildman–Crippen MR) is 133 cm³/mol. The molecule has 1 aromatic heterocycles. The van der Waals surface area contributed by atoms with E-state index in [2.05, 4.69) is 70.1 Å². The quantitative estimate of drug-likeness (QED) is 0.441. The minimum Gasteiger partial charge on any atom is -0.366 e. The second-order valence-electron chi connectivity index (χ2n) is 9.59. The van der Waals surface area contributed by atoms with Gasteiger partial charge in [-0.05, 0) is 61.6 Å². The fourth-order valence-electron chi connectivity index (χ4n) is 6.11. The molecular weight excluding hydrogens is 406 g/mol. The fourth-order valence-corrected chi connectivity index (χ4v) is 6.11. The van der Waals surface area contributed by atoms with Gasteiger partial charge in [0, 0.05) is 46.9 Å². The van der Waals surface area contributed by atoms with Crippen molar-refractivity contribution in [3.63, 3.8) is 0 Å². The Morgan fingerprint density at radius 1 is 0.848 bits per heavy atom. The van der Waals surface area contributed by atoms with Crippen LogP contribution in [0.4, 0.5) is 0 Å². The number of aromatic nitrogens is 1. The zero-order valence-corrected chi connectivity index (χ0v) is 18.7. The van der Waals surface area contributed by atoms with Gasteiger partial charge in [-0.3, -0.25) is 9.69 Å². The van der Waals surface area contributed by atoms with Crippen molar-refractivity contribution in [1.29, 1.82) is 0 Å². The van der Waals surface area contributed by atoms with Crippen LogP contribution in [0.3, 0.4) is 0 Å². The van der Waals surface area contributed by atoms with Crippen LogP contribution in [0.1, 0.15) is 53.2 Å². The van der Waals surface area contributed by atoms with Crippen LogP contribution in [-0.2, 0) is 6.54 Å². The molecule has 2 N–H and O–H groups in total. The summed E-state index contributed by atoms with van der Waals surface area (Å²) < 4.78 is 2.36. The van der Waals surface area contributed by atoms with Gasteiger partial charge >= 0.3 is 0 Å². The first kappa shape index (κ1) is 20.3. The Balaban J connectivity index is 1.38. The van der Waals surface area contributed by atoms with Gasteiger partial charge in [0.25, 0.3) is 0 Å². The third-order valence-corrected chi connectivity index (χ3v) is 7.64. The van der Waals surface area contributed by atoms with E-state index in [1.54, 1.807) is 0 Å². The van der Waals surface area contributed by atoms with Crippen LogP contribution in [0.15, 0.2) is 84.9 Å². The lowest BCUT2D eigenvalue weighted by Crippen LogP contribution is -2.41. The number of nitrogens with two attached hydrogens (primary N) is 1. The summed E-state index contributed by atoms with van der Waals surface area (Å²) in [6.45, 7) is 1.05.